The van der Waals surface area contributed by atoms with E-state index < -0.39 is 0 Å². The first-order valence-corrected chi connectivity index (χ1v) is 13.7. The largest absolute Gasteiger partial charge is 0.512 e. The molecule has 0 aliphatic heterocycles. The first kappa shape index (κ1) is 29.7. The SMILES string of the molecule is CC(=O)/C=C(/C)O.[CH2-][n+]1c(-c2[c-]c(C)cc3c2oc2ncccc23)cc(-c2ccccc2)c2c3ccccc3ccc21.[Ir]. The van der Waals surface area contributed by atoms with Gasteiger partial charge in [0.1, 0.15) is 11.2 Å². The molecule has 0 saturated carbocycles. The van der Waals surface area contributed by atoms with Gasteiger partial charge in [0.15, 0.2) is 5.78 Å². The number of ketones is 1. The number of nitrogens with zero attached hydrogens (tertiary/aromatic N) is 2. The van der Waals surface area contributed by atoms with Gasteiger partial charge in [-0.2, -0.15) is 0 Å². The topological polar surface area (TPSA) is 67.2 Å². The van der Waals surface area contributed by atoms with E-state index in [9.17, 15) is 4.79 Å². The Morgan fingerprint density at radius 3 is 2.37 bits per heavy atom. The fourth-order valence-electron chi connectivity index (χ4n) is 5.50. The van der Waals surface area contributed by atoms with Crippen LogP contribution < -0.4 is 4.57 Å². The summed E-state index contributed by atoms with van der Waals surface area (Å²) in [6, 6.07) is 35.3. The van der Waals surface area contributed by atoms with Crippen molar-refractivity contribution >= 4 is 49.5 Å². The molecule has 0 amide bonds. The molecule has 6 heteroatoms. The molecule has 0 unspecified atom stereocenters. The van der Waals surface area contributed by atoms with Crippen LogP contribution in [0.2, 0.25) is 0 Å². The first-order valence-electron chi connectivity index (χ1n) is 13.7. The molecule has 4 aromatic carbocycles. The third-order valence-electron chi connectivity index (χ3n) is 7.21. The fraction of sp³-hybridized carbons (Fsp3) is 0.0811. The van der Waals surface area contributed by atoms with Crippen molar-refractivity contribution in [2.24, 2.45) is 0 Å². The average Bonchev–Trinajstić information content (AvgIpc) is 3.35. The molecule has 0 atom stereocenters. The Balaban J connectivity index is 0.000000415. The van der Waals surface area contributed by atoms with Gasteiger partial charge in [0.25, 0.3) is 0 Å². The Morgan fingerprint density at radius 1 is 0.930 bits per heavy atom. The van der Waals surface area contributed by atoms with Gasteiger partial charge in [-0.25, -0.2) is 4.98 Å². The summed E-state index contributed by atoms with van der Waals surface area (Å²) in [5, 5.41) is 14.0. The van der Waals surface area contributed by atoms with Crippen LogP contribution in [0.3, 0.4) is 0 Å². The van der Waals surface area contributed by atoms with Crippen molar-refractivity contribution in [1.29, 1.82) is 0 Å². The number of hydrogen-bond donors (Lipinski definition) is 1. The number of hydrogen-bond acceptors (Lipinski definition) is 4. The van der Waals surface area contributed by atoms with Crippen LogP contribution in [0.15, 0.2) is 113 Å². The van der Waals surface area contributed by atoms with Gasteiger partial charge in [0.2, 0.25) is 5.71 Å². The normalized spacial score (nSPS) is 11.4. The number of aromatic nitrogens is 2. The second kappa shape index (κ2) is 12.2. The average molecular weight is 742 g/mol. The van der Waals surface area contributed by atoms with E-state index >= 15 is 0 Å². The second-order valence-corrected chi connectivity index (χ2v) is 10.3. The molecule has 0 bridgehead atoms. The predicted molar refractivity (Wildman–Crippen MR) is 169 cm³/mol. The number of carbonyl (C=O) groups is 1. The summed E-state index contributed by atoms with van der Waals surface area (Å²) >= 11 is 0. The van der Waals surface area contributed by atoms with Gasteiger partial charge in [-0.15, -0.1) is 17.7 Å². The quantitative estimate of drug-likeness (QED) is 0.0648. The van der Waals surface area contributed by atoms with Gasteiger partial charge in [0, 0.05) is 50.2 Å². The number of allylic oxidation sites excluding steroid dienone is 2. The molecule has 0 aliphatic rings. The molecule has 0 spiro atoms. The summed E-state index contributed by atoms with van der Waals surface area (Å²) in [5.74, 6) is -0.0625. The zero-order valence-electron chi connectivity index (χ0n) is 24.0. The maximum absolute atomic E-state index is 10.0. The monoisotopic (exact) mass is 742 g/mol. The summed E-state index contributed by atoms with van der Waals surface area (Å²) in [7, 11) is 4.50. The summed E-state index contributed by atoms with van der Waals surface area (Å²) in [4.78, 5) is 14.5. The number of benzene rings is 4. The Labute approximate surface area is 263 Å². The van der Waals surface area contributed by atoms with Gasteiger partial charge in [-0.3, -0.25) is 4.79 Å². The van der Waals surface area contributed by atoms with Crippen molar-refractivity contribution in [3.63, 3.8) is 0 Å². The third kappa shape index (κ3) is 5.68. The smallest absolute Gasteiger partial charge is 0.216 e. The summed E-state index contributed by atoms with van der Waals surface area (Å²) in [6.45, 7) is 4.92. The van der Waals surface area contributed by atoms with Crippen molar-refractivity contribution in [3.8, 4) is 22.4 Å². The summed E-state index contributed by atoms with van der Waals surface area (Å²) in [5.41, 5.74) is 7.65. The predicted octanol–water partition coefficient (Wildman–Crippen LogP) is 8.69. The maximum atomic E-state index is 10.0. The van der Waals surface area contributed by atoms with E-state index in [1.54, 1.807) is 6.20 Å². The summed E-state index contributed by atoms with van der Waals surface area (Å²) < 4.78 is 8.31. The van der Waals surface area contributed by atoms with Crippen LogP contribution in [0.25, 0.3) is 66.1 Å². The van der Waals surface area contributed by atoms with Gasteiger partial charge >= 0.3 is 0 Å². The van der Waals surface area contributed by atoms with E-state index in [1.165, 1.54) is 36.1 Å². The number of fused-ring (bicyclic) bond motifs is 6. The minimum absolute atomic E-state index is 0. The van der Waals surface area contributed by atoms with E-state index in [-0.39, 0.29) is 31.6 Å². The number of carbonyl (C=O) groups excluding carboxylic acids is 1. The summed E-state index contributed by atoms with van der Waals surface area (Å²) in [6.07, 6.45) is 2.93. The van der Waals surface area contributed by atoms with Crippen LogP contribution in [0, 0.1) is 20.0 Å². The van der Waals surface area contributed by atoms with E-state index in [0.29, 0.717) is 5.71 Å². The number of rotatable bonds is 3. The molecule has 7 aromatic rings. The Hall–Kier alpha value is -4.77. The standard InChI is InChI=1S/C32H21N2O.C5H8O2.Ir/c1-20-17-26-24-13-8-16-33-32(24)35-31(26)27(18-20)29-19-25(21-9-4-3-5-10-21)30-23-12-7-6-11-22(23)14-15-28(30)34(29)2;1-4(6)3-5(2)7;/h3-17,19H,2H2,1H3;3,6H,1-2H3;/q-1;;/b;4-3-;. The molecule has 43 heavy (non-hydrogen) atoms. The van der Waals surface area contributed by atoms with Crippen molar-refractivity contribution < 1.29 is 39.0 Å². The molecule has 1 N–H and O–H groups in total. The van der Waals surface area contributed by atoms with Crippen molar-refractivity contribution in [3.05, 3.63) is 128 Å². The molecule has 3 aromatic heterocycles. The first-order chi connectivity index (χ1) is 20.3. The molecular weight excluding hydrogens is 713 g/mol. The molecule has 0 aliphatic carbocycles. The second-order valence-electron chi connectivity index (χ2n) is 10.3. The van der Waals surface area contributed by atoms with Gasteiger partial charge in [-0.1, -0.05) is 73.0 Å². The van der Waals surface area contributed by atoms with Crippen LogP contribution in [0.5, 0.6) is 0 Å². The third-order valence-corrected chi connectivity index (χ3v) is 7.21. The molecule has 3 heterocycles. The van der Waals surface area contributed by atoms with Crippen LogP contribution in [-0.4, -0.2) is 15.9 Å². The van der Waals surface area contributed by atoms with Crippen LogP contribution >= 0.6 is 0 Å². The Bertz CT molecular complexity index is 2160. The van der Waals surface area contributed by atoms with Gasteiger partial charge in [0.05, 0.1) is 11.3 Å². The zero-order chi connectivity index (χ0) is 29.4. The molecule has 5 nitrogen and oxygen atoms in total. The maximum Gasteiger partial charge on any atom is 0.216 e. The molecule has 215 valence electrons. The van der Waals surface area contributed by atoms with E-state index in [4.69, 9.17) is 9.52 Å². The van der Waals surface area contributed by atoms with Gasteiger partial charge in [-0.05, 0) is 65.6 Å². The fourth-order valence-corrected chi connectivity index (χ4v) is 5.50. The molecule has 1 radical (unpaired) electrons. The number of aliphatic hydroxyl groups is 1. The Kier molecular flexibility index (Phi) is 8.45. The van der Waals surface area contributed by atoms with Crippen LogP contribution in [0.4, 0.5) is 0 Å². The van der Waals surface area contributed by atoms with E-state index in [0.717, 1.165) is 49.8 Å². The molecule has 0 fully saturated rings. The Morgan fingerprint density at radius 2 is 1.65 bits per heavy atom. The molecular formula is C37H29IrN2O3-. The minimum Gasteiger partial charge on any atom is -0.512 e. The minimum atomic E-state index is -0.125. The zero-order valence-corrected chi connectivity index (χ0v) is 26.4. The number of furan rings is 1. The van der Waals surface area contributed by atoms with Crippen molar-refractivity contribution in [2.75, 3.05) is 0 Å². The molecule has 0 saturated heterocycles. The molecule has 7 rings (SSSR count). The van der Waals surface area contributed by atoms with E-state index in [1.807, 2.05) is 10.6 Å². The van der Waals surface area contributed by atoms with Gasteiger partial charge < -0.3 is 14.1 Å². The number of aliphatic hydroxyl groups excluding tert-OH is 1. The van der Waals surface area contributed by atoms with Crippen molar-refractivity contribution in [1.82, 2.24) is 4.98 Å². The van der Waals surface area contributed by atoms with Crippen LogP contribution in [-0.2, 0) is 24.9 Å². The van der Waals surface area contributed by atoms with Crippen LogP contribution in [0.1, 0.15) is 19.4 Å². The number of pyridine rings is 2. The van der Waals surface area contributed by atoms with Crippen molar-refractivity contribution in [2.45, 2.75) is 20.8 Å². The number of aryl methyl sites for hydroxylation is 1. The van der Waals surface area contributed by atoms with E-state index in [2.05, 4.69) is 110 Å².